The average Bonchev–Trinajstić information content (AvgIpc) is 3.52. The molecule has 38 heavy (non-hydrogen) atoms. The molecule has 5 N–H and O–H groups in total. The van der Waals surface area contributed by atoms with Crippen LogP contribution in [0.25, 0.3) is 10.9 Å². The second-order valence-corrected chi connectivity index (χ2v) is 9.75. The van der Waals surface area contributed by atoms with E-state index in [0.717, 1.165) is 54.3 Å². The third kappa shape index (κ3) is 12.5. The number of benzene rings is 1. The Morgan fingerprint density at radius 2 is 1.55 bits per heavy atom. The molecule has 9 nitrogen and oxygen atoms in total. The minimum absolute atomic E-state index is 0.240. The van der Waals surface area contributed by atoms with Gasteiger partial charge >= 0.3 is 17.9 Å². The van der Waals surface area contributed by atoms with Gasteiger partial charge in [-0.1, -0.05) is 51.5 Å². The summed E-state index contributed by atoms with van der Waals surface area (Å²) in [6.07, 6.45) is 11.0. The minimum atomic E-state index is -0.756. The molecule has 1 aromatic carbocycles. The number of nitrogens with zero attached hydrogens (tertiary/aromatic N) is 1. The molecular weight excluding hydrogens is 486 g/mol. The van der Waals surface area contributed by atoms with E-state index in [2.05, 4.69) is 9.98 Å². The van der Waals surface area contributed by atoms with Crippen molar-refractivity contribution in [2.24, 2.45) is 22.7 Å². The van der Waals surface area contributed by atoms with Gasteiger partial charge in [-0.15, -0.1) is 0 Å². The average molecular weight is 528 g/mol. The fraction of sp³-hybridized carbons (Fsp3) is 0.483. The number of carboxylic acids is 3. The van der Waals surface area contributed by atoms with Gasteiger partial charge in [0.2, 0.25) is 0 Å². The first kappa shape index (κ1) is 32.3. The van der Waals surface area contributed by atoms with Crippen LogP contribution in [-0.4, -0.2) is 50.1 Å². The zero-order valence-electron chi connectivity index (χ0n) is 22.7. The molecule has 9 heteroatoms. The Morgan fingerprint density at radius 3 is 2.11 bits per heavy atom. The molecule has 208 valence electrons. The van der Waals surface area contributed by atoms with Crippen LogP contribution in [-0.2, 0) is 20.8 Å². The normalized spacial score (nSPS) is 14.3. The lowest BCUT2D eigenvalue weighted by Gasteiger charge is -2.04. The lowest BCUT2D eigenvalue weighted by atomic mass is 10.0. The third-order valence-corrected chi connectivity index (χ3v) is 6.14. The summed E-state index contributed by atoms with van der Waals surface area (Å²) in [5.41, 5.74) is 3.71. The Kier molecular flexibility index (Phi) is 14.3. The van der Waals surface area contributed by atoms with Crippen molar-refractivity contribution in [1.29, 1.82) is 5.41 Å². The number of hydrogen-bond donors (Lipinski definition) is 5. The number of aromatic nitrogens is 1. The predicted molar refractivity (Wildman–Crippen MR) is 150 cm³/mol. The maximum absolute atomic E-state index is 10.8. The number of rotatable bonds is 12. The molecule has 0 aliphatic carbocycles. The van der Waals surface area contributed by atoms with Crippen molar-refractivity contribution in [2.75, 3.05) is 0 Å². The highest BCUT2D eigenvalue weighted by atomic mass is 16.4. The number of hydrogen-bond acceptors (Lipinski definition) is 5. The van der Waals surface area contributed by atoms with Crippen molar-refractivity contribution in [3.63, 3.8) is 0 Å². The zero-order valence-corrected chi connectivity index (χ0v) is 22.7. The second kappa shape index (κ2) is 16.9. The standard InChI is InChI=1S/C12H13NO2.C9H17NO2.C8H11NO2/c1-8(12(14)15)6-9-7-13-11-5-3-2-4-10(9)11;1-7(9(11)12)5-3-4-6-8(2)10;1-6(8(10)11)5-7-3-2-4-9-7/h2-5,7-8,13H,6H2,1H3,(H,14,15);7,10H,3-6H2,1-2H3,(H,11,12);3-4,6H,2,5H2,1H3,(H,10,11). The number of para-hydroxylation sites is 1. The van der Waals surface area contributed by atoms with Crippen LogP contribution in [0.1, 0.15) is 71.8 Å². The van der Waals surface area contributed by atoms with E-state index >= 15 is 0 Å². The van der Waals surface area contributed by atoms with Gasteiger partial charge in [0.15, 0.2) is 0 Å². The summed E-state index contributed by atoms with van der Waals surface area (Å²) < 4.78 is 0. The quantitative estimate of drug-likeness (QED) is 0.163. The van der Waals surface area contributed by atoms with E-state index in [4.69, 9.17) is 20.7 Å². The van der Waals surface area contributed by atoms with E-state index in [0.29, 0.717) is 18.6 Å². The zero-order chi connectivity index (χ0) is 28.7. The lowest BCUT2D eigenvalue weighted by Crippen LogP contribution is -2.11. The number of carboxylic acid groups (broad SMARTS) is 3. The predicted octanol–water partition coefficient (Wildman–Crippen LogP) is 6.19. The number of fused-ring (bicyclic) bond motifs is 1. The van der Waals surface area contributed by atoms with Crippen LogP contribution in [0.15, 0.2) is 47.2 Å². The van der Waals surface area contributed by atoms with Crippen molar-refractivity contribution in [3.8, 4) is 0 Å². The van der Waals surface area contributed by atoms with Gasteiger partial charge in [0.1, 0.15) is 0 Å². The topological polar surface area (TPSA) is 164 Å². The van der Waals surface area contributed by atoms with Gasteiger partial charge in [-0.25, -0.2) is 0 Å². The lowest BCUT2D eigenvalue weighted by molar-refractivity contribution is -0.142. The van der Waals surface area contributed by atoms with Crippen LogP contribution in [0.3, 0.4) is 0 Å². The Bertz CT molecular complexity index is 1130. The number of aliphatic imine (C=N–C) groups is 1. The van der Waals surface area contributed by atoms with Crippen molar-refractivity contribution in [3.05, 3.63) is 47.8 Å². The first-order valence-corrected chi connectivity index (χ1v) is 12.9. The van der Waals surface area contributed by atoms with Gasteiger partial charge in [0.05, 0.1) is 17.8 Å². The highest BCUT2D eigenvalue weighted by Gasteiger charge is 2.14. The van der Waals surface area contributed by atoms with Gasteiger partial charge < -0.3 is 25.7 Å². The molecule has 0 saturated heterocycles. The summed E-state index contributed by atoms with van der Waals surface area (Å²) in [7, 11) is 0. The molecule has 0 fully saturated rings. The summed E-state index contributed by atoms with van der Waals surface area (Å²) in [6.45, 7) is 6.92. The fourth-order valence-electron chi connectivity index (χ4n) is 3.63. The van der Waals surface area contributed by atoms with E-state index < -0.39 is 17.9 Å². The molecule has 3 unspecified atom stereocenters. The van der Waals surface area contributed by atoms with Gasteiger partial charge in [0.25, 0.3) is 0 Å². The summed E-state index contributed by atoms with van der Waals surface area (Å²) in [5, 5.41) is 34.2. The molecule has 0 radical (unpaired) electrons. The van der Waals surface area contributed by atoms with E-state index in [9.17, 15) is 14.4 Å². The van der Waals surface area contributed by atoms with Gasteiger partial charge in [-0.05, 0) is 44.2 Å². The van der Waals surface area contributed by atoms with E-state index in [-0.39, 0.29) is 17.8 Å². The van der Waals surface area contributed by atoms with Crippen molar-refractivity contribution < 1.29 is 29.7 Å². The minimum Gasteiger partial charge on any atom is -0.481 e. The number of H-pyrrole nitrogens is 1. The first-order valence-electron chi connectivity index (χ1n) is 12.9. The SMILES string of the molecule is CC(=N)CCCCC(C)C(=O)O.CC(CC1=CCC=N1)C(=O)O.CC(Cc1c[nH]c2ccccc12)C(=O)O. The first-order chi connectivity index (χ1) is 17.9. The number of aliphatic carboxylic acids is 3. The van der Waals surface area contributed by atoms with Crippen LogP contribution < -0.4 is 0 Å². The van der Waals surface area contributed by atoms with Crippen molar-refractivity contribution in [1.82, 2.24) is 4.98 Å². The summed E-state index contributed by atoms with van der Waals surface area (Å²) >= 11 is 0. The van der Waals surface area contributed by atoms with Gasteiger partial charge in [-0.2, -0.15) is 0 Å². The Hall–Kier alpha value is -3.75. The second-order valence-electron chi connectivity index (χ2n) is 9.75. The highest BCUT2D eigenvalue weighted by molar-refractivity contribution is 5.83. The van der Waals surface area contributed by atoms with Crippen molar-refractivity contribution >= 4 is 40.7 Å². The molecule has 0 bridgehead atoms. The largest absolute Gasteiger partial charge is 0.481 e. The molecule has 2 heterocycles. The Labute approximate surface area is 224 Å². The van der Waals surface area contributed by atoms with Gasteiger partial charge in [-0.3, -0.25) is 19.4 Å². The van der Waals surface area contributed by atoms with Gasteiger partial charge in [0, 0.05) is 47.6 Å². The summed E-state index contributed by atoms with van der Waals surface area (Å²) in [4.78, 5) is 38.7. The molecular formula is C29H41N3O6. The Morgan fingerprint density at radius 1 is 0.947 bits per heavy atom. The fourth-order valence-corrected chi connectivity index (χ4v) is 3.63. The number of carbonyl (C=O) groups is 3. The molecule has 1 aliphatic rings. The molecule has 0 saturated carbocycles. The number of unbranched alkanes of at least 4 members (excludes halogenated alkanes) is 1. The molecule has 1 aromatic heterocycles. The molecule has 2 aromatic rings. The number of nitrogens with one attached hydrogen (secondary N) is 2. The molecule has 3 rings (SSSR count). The van der Waals surface area contributed by atoms with Crippen LogP contribution in [0.2, 0.25) is 0 Å². The number of aromatic amines is 1. The summed E-state index contributed by atoms with van der Waals surface area (Å²) in [5.74, 6) is -3.13. The maximum Gasteiger partial charge on any atom is 0.306 e. The Balaban J connectivity index is 0.000000290. The molecule has 1 aliphatic heterocycles. The monoisotopic (exact) mass is 527 g/mol. The molecule has 3 atom stereocenters. The van der Waals surface area contributed by atoms with E-state index in [1.807, 2.05) is 36.5 Å². The molecule has 0 spiro atoms. The maximum atomic E-state index is 10.8. The van der Waals surface area contributed by atoms with Crippen LogP contribution in [0, 0.1) is 23.2 Å². The van der Waals surface area contributed by atoms with Crippen LogP contribution >= 0.6 is 0 Å². The smallest absolute Gasteiger partial charge is 0.306 e. The van der Waals surface area contributed by atoms with Crippen LogP contribution in [0.4, 0.5) is 0 Å². The third-order valence-electron chi connectivity index (χ3n) is 6.14. The number of allylic oxidation sites excluding steroid dienone is 2. The van der Waals surface area contributed by atoms with E-state index in [1.165, 1.54) is 0 Å². The van der Waals surface area contributed by atoms with Crippen molar-refractivity contribution in [2.45, 2.75) is 72.6 Å². The molecule has 0 amide bonds. The van der Waals surface area contributed by atoms with E-state index in [1.54, 1.807) is 33.9 Å². The summed E-state index contributed by atoms with van der Waals surface area (Å²) in [6, 6.07) is 7.92. The van der Waals surface area contributed by atoms with Crippen LogP contribution in [0.5, 0.6) is 0 Å². The highest BCUT2D eigenvalue weighted by Crippen LogP contribution is 2.20.